The monoisotopic (exact) mass is 300 g/mol. The number of halogens is 3. The lowest BCUT2D eigenvalue weighted by Gasteiger charge is -2.33. The van der Waals surface area contributed by atoms with Crippen LogP contribution in [0.3, 0.4) is 0 Å². The van der Waals surface area contributed by atoms with E-state index in [1.54, 1.807) is 4.90 Å². The SMILES string of the molecule is COC(=O)c1cnc(N2CCC3(CC2)CC3(F)F)c(F)c1. The van der Waals surface area contributed by atoms with Gasteiger partial charge < -0.3 is 9.64 Å². The average Bonchev–Trinajstić information content (AvgIpc) is 2.99. The number of methoxy groups -OCH3 is 1. The number of carbonyl (C=O) groups is 1. The molecule has 7 heteroatoms. The fraction of sp³-hybridized carbons (Fsp3) is 0.571. The third-order valence-corrected chi connectivity index (χ3v) is 4.47. The molecular weight excluding hydrogens is 285 g/mol. The molecule has 0 radical (unpaired) electrons. The fourth-order valence-corrected chi connectivity index (χ4v) is 2.96. The Morgan fingerprint density at radius 2 is 2.00 bits per heavy atom. The number of nitrogens with zero attached hydrogens (tertiary/aromatic N) is 2. The molecule has 1 spiro atoms. The van der Waals surface area contributed by atoms with Crippen molar-refractivity contribution in [3.8, 4) is 0 Å². The summed E-state index contributed by atoms with van der Waals surface area (Å²) in [6.07, 6.45) is 1.84. The summed E-state index contributed by atoms with van der Waals surface area (Å²) in [4.78, 5) is 16.9. The number of aromatic nitrogens is 1. The highest BCUT2D eigenvalue weighted by atomic mass is 19.3. The minimum absolute atomic E-state index is 0.0287. The van der Waals surface area contributed by atoms with Gasteiger partial charge in [0, 0.05) is 31.1 Å². The summed E-state index contributed by atoms with van der Waals surface area (Å²) in [7, 11) is 1.20. The van der Waals surface area contributed by atoms with Gasteiger partial charge in [-0.05, 0) is 18.9 Å². The first-order valence-electron chi connectivity index (χ1n) is 6.75. The van der Waals surface area contributed by atoms with Gasteiger partial charge in [0.25, 0.3) is 5.92 Å². The number of hydrogen-bond acceptors (Lipinski definition) is 4. The van der Waals surface area contributed by atoms with Crippen LogP contribution in [0.5, 0.6) is 0 Å². The zero-order valence-electron chi connectivity index (χ0n) is 11.5. The Morgan fingerprint density at radius 1 is 1.38 bits per heavy atom. The molecule has 3 rings (SSSR count). The normalized spacial score (nSPS) is 22.2. The molecule has 1 saturated heterocycles. The maximum absolute atomic E-state index is 14.0. The van der Waals surface area contributed by atoms with Crippen LogP contribution in [0.15, 0.2) is 12.3 Å². The van der Waals surface area contributed by atoms with E-state index in [-0.39, 0.29) is 17.8 Å². The van der Waals surface area contributed by atoms with Gasteiger partial charge in [0.1, 0.15) is 0 Å². The van der Waals surface area contributed by atoms with Crippen LogP contribution in [0, 0.1) is 11.2 Å². The third-order valence-electron chi connectivity index (χ3n) is 4.47. The molecule has 0 N–H and O–H groups in total. The number of alkyl halides is 2. The molecule has 0 atom stereocenters. The third kappa shape index (κ3) is 2.24. The average molecular weight is 300 g/mol. The van der Waals surface area contributed by atoms with Crippen molar-refractivity contribution in [2.24, 2.45) is 5.41 Å². The van der Waals surface area contributed by atoms with Crippen LogP contribution in [-0.4, -0.2) is 37.1 Å². The molecule has 0 unspecified atom stereocenters. The first-order chi connectivity index (χ1) is 9.88. The van der Waals surface area contributed by atoms with Gasteiger partial charge in [-0.25, -0.2) is 22.9 Å². The van der Waals surface area contributed by atoms with Crippen molar-refractivity contribution in [3.05, 3.63) is 23.6 Å². The molecule has 0 amide bonds. The Labute approximate surface area is 119 Å². The molecule has 4 nitrogen and oxygen atoms in total. The van der Waals surface area contributed by atoms with Gasteiger partial charge in [-0.3, -0.25) is 0 Å². The number of hydrogen-bond donors (Lipinski definition) is 0. The summed E-state index contributed by atoms with van der Waals surface area (Å²) in [5.41, 5.74) is -0.854. The van der Waals surface area contributed by atoms with Crippen molar-refractivity contribution in [2.45, 2.75) is 25.2 Å². The predicted molar refractivity (Wildman–Crippen MR) is 69.0 cm³/mol. The predicted octanol–water partition coefficient (Wildman–Crippen LogP) is 2.63. The molecular formula is C14H15F3N2O2. The number of rotatable bonds is 2. The first kappa shape index (κ1) is 14.2. The molecule has 2 heterocycles. The molecule has 114 valence electrons. The minimum Gasteiger partial charge on any atom is -0.465 e. The van der Waals surface area contributed by atoms with Crippen molar-refractivity contribution >= 4 is 11.8 Å². The zero-order chi connectivity index (χ0) is 15.3. The lowest BCUT2D eigenvalue weighted by Crippen LogP contribution is -2.37. The second-order valence-electron chi connectivity index (χ2n) is 5.67. The highest BCUT2D eigenvalue weighted by Crippen LogP contribution is 2.65. The van der Waals surface area contributed by atoms with Gasteiger partial charge >= 0.3 is 5.97 Å². The number of piperidine rings is 1. The smallest absolute Gasteiger partial charge is 0.339 e. The van der Waals surface area contributed by atoms with Crippen LogP contribution in [0.4, 0.5) is 19.0 Å². The van der Waals surface area contributed by atoms with E-state index in [0.29, 0.717) is 25.9 Å². The van der Waals surface area contributed by atoms with Crippen LogP contribution in [0.1, 0.15) is 29.6 Å². The fourth-order valence-electron chi connectivity index (χ4n) is 2.96. The largest absolute Gasteiger partial charge is 0.465 e. The van der Waals surface area contributed by atoms with Gasteiger partial charge in [0.05, 0.1) is 12.7 Å². The Balaban J connectivity index is 1.73. The molecule has 1 aromatic rings. The zero-order valence-corrected chi connectivity index (χ0v) is 11.5. The van der Waals surface area contributed by atoms with Crippen LogP contribution >= 0.6 is 0 Å². The Morgan fingerprint density at radius 3 is 2.48 bits per heavy atom. The van der Waals surface area contributed by atoms with Crippen molar-refractivity contribution < 1.29 is 22.7 Å². The van der Waals surface area contributed by atoms with E-state index in [9.17, 15) is 18.0 Å². The van der Waals surface area contributed by atoms with Crippen LogP contribution in [0.2, 0.25) is 0 Å². The van der Waals surface area contributed by atoms with E-state index in [2.05, 4.69) is 9.72 Å². The topological polar surface area (TPSA) is 42.4 Å². The van der Waals surface area contributed by atoms with E-state index in [1.165, 1.54) is 13.3 Å². The molecule has 0 bridgehead atoms. The van der Waals surface area contributed by atoms with Gasteiger partial charge in [0.2, 0.25) is 0 Å². The summed E-state index contributed by atoms with van der Waals surface area (Å²) in [6.45, 7) is 0.689. The standard InChI is InChI=1S/C14H15F3N2O2/c1-21-12(20)9-6-10(15)11(18-7-9)19-4-2-13(3-5-19)8-14(13,16)17/h6-7H,2-5,8H2,1H3. The second-order valence-corrected chi connectivity index (χ2v) is 5.67. The molecule has 1 saturated carbocycles. The van der Waals surface area contributed by atoms with Crippen LogP contribution in [0.25, 0.3) is 0 Å². The molecule has 1 aromatic heterocycles. The van der Waals surface area contributed by atoms with E-state index in [0.717, 1.165) is 6.07 Å². The summed E-state index contributed by atoms with van der Waals surface area (Å²) in [5, 5.41) is 0. The summed E-state index contributed by atoms with van der Waals surface area (Å²) >= 11 is 0. The van der Waals surface area contributed by atoms with E-state index < -0.39 is 23.1 Å². The summed E-state index contributed by atoms with van der Waals surface area (Å²) in [5.74, 6) is -3.78. The molecule has 1 aliphatic heterocycles. The number of anilines is 1. The number of esters is 1. The Bertz CT molecular complexity index is 584. The highest BCUT2D eigenvalue weighted by Gasteiger charge is 2.70. The van der Waals surface area contributed by atoms with Gasteiger partial charge in [-0.1, -0.05) is 0 Å². The van der Waals surface area contributed by atoms with Crippen molar-refractivity contribution in [1.82, 2.24) is 4.98 Å². The quantitative estimate of drug-likeness (QED) is 0.788. The lowest BCUT2D eigenvalue weighted by atomic mass is 9.93. The number of ether oxygens (including phenoxy) is 1. The van der Waals surface area contributed by atoms with Gasteiger partial charge in [-0.2, -0.15) is 0 Å². The Hall–Kier alpha value is -1.79. The summed E-state index contributed by atoms with van der Waals surface area (Å²) in [6, 6.07) is 1.06. The van der Waals surface area contributed by atoms with E-state index in [1.807, 2.05) is 0 Å². The van der Waals surface area contributed by atoms with E-state index >= 15 is 0 Å². The van der Waals surface area contributed by atoms with Crippen LogP contribution < -0.4 is 4.90 Å². The van der Waals surface area contributed by atoms with Crippen LogP contribution in [-0.2, 0) is 4.74 Å². The summed E-state index contributed by atoms with van der Waals surface area (Å²) < 4.78 is 45.1. The molecule has 21 heavy (non-hydrogen) atoms. The number of pyridine rings is 1. The first-order valence-corrected chi connectivity index (χ1v) is 6.75. The highest BCUT2D eigenvalue weighted by molar-refractivity contribution is 5.89. The lowest BCUT2D eigenvalue weighted by molar-refractivity contribution is 0.0535. The molecule has 2 aliphatic rings. The maximum Gasteiger partial charge on any atom is 0.339 e. The maximum atomic E-state index is 14.0. The second kappa shape index (κ2) is 4.61. The molecule has 2 fully saturated rings. The van der Waals surface area contributed by atoms with Crippen molar-refractivity contribution in [1.29, 1.82) is 0 Å². The Kier molecular flexibility index (Phi) is 3.11. The van der Waals surface area contributed by atoms with E-state index in [4.69, 9.17) is 0 Å². The van der Waals surface area contributed by atoms with Gasteiger partial charge in [0.15, 0.2) is 11.6 Å². The number of carbonyl (C=O) groups excluding carboxylic acids is 1. The minimum atomic E-state index is -2.57. The van der Waals surface area contributed by atoms with Crippen molar-refractivity contribution in [2.75, 3.05) is 25.1 Å². The molecule has 0 aromatic carbocycles. The van der Waals surface area contributed by atoms with Gasteiger partial charge in [-0.15, -0.1) is 0 Å². The van der Waals surface area contributed by atoms with Crippen molar-refractivity contribution in [3.63, 3.8) is 0 Å². The molecule has 1 aliphatic carbocycles.